The van der Waals surface area contributed by atoms with Gasteiger partial charge in [-0.05, 0) is 45.4 Å². The minimum atomic E-state index is -0.516. The zero-order valence-corrected chi connectivity index (χ0v) is 11.5. The van der Waals surface area contributed by atoms with E-state index < -0.39 is 5.60 Å². The highest BCUT2D eigenvalue weighted by Gasteiger charge is 2.22. The molecule has 16 heavy (non-hydrogen) atoms. The second kappa shape index (κ2) is 4.45. The molecule has 0 unspecified atom stereocenters. The van der Waals surface area contributed by atoms with Gasteiger partial charge in [-0.25, -0.2) is 4.79 Å². The maximum absolute atomic E-state index is 11.9. The van der Waals surface area contributed by atoms with Crippen molar-refractivity contribution < 1.29 is 9.53 Å². The molecule has 0 saturated carbocycles. The number of carbonyl (C=O) groups is 1. The average molecular weight is 286 g/mol. The lowest BCUT2D eigenvalue weighted by Gasteiger charge is -2.21. The van der Waals surface area contributed by atoms with Crippen LogP contribution in [0, 0.1) is 6.92 Å². The van der Waals surface area contributed by atoms with E-state index in [9.17, 15) is 4.79 Å². The van der Waals surface area contributed by atoms with E-state index in [2.05, 4.69) is 15.9 Å². The Morgan fingerprint density at radius 3 is 2.44 bits per heavy atom. The molecule has 1 aromatic carbocycles. The summed E-state index contributed by atoms with van der Waals surface area (Å²) in [5, 5.41) is 0. The summed E-state index contributed by atoms with van der Waals surface area (Å²) in [6.45, 7) is 7.32. The molecule has 0 radical (unpaired) electrons. The first-order valence-corrected chi connectivity index (χ1v) is 5.79. The van der Waals surface area contributed by atoms with E-state index >= 15 is 0 Å². The monoisotopic (exact) mass is 285 g/mol. The molecule has 0 aliphatic carbocycles. The lowest BCUT2D eigenvalue weighted by Crippen LogP contribution is -2.25. The number of ether oxygens (including phenoxy) is 1. The van der Waals surface area contributed by atoms with E-state index in [1.54, 1.807) is 6.07 Å². The first-order chi connectivity index (χ1) is 7.22. The highest BCUT2D eigenvalue weighted by Crippen LogP contribution is 2.26. The van der Waals surface area contributed by atoms with Crippen LogP contribution in [-0.4, -0.2) is 11.6 Å². The van der Waals surface area contributed by atoms with Gasteiger partial charge in [-0.3, -0.25) is 0 Å². The van der Waals surface area contributed by atoms with E-state index in [1.807, 2.05) is 33.8 Å². The molecule has 0 bridgehead atoms. The number of benzene rings is 1. The van der Waals surface area contributed by atoms with Crippen LogP contribution < -0.4 is 5.73 Å². The minimum absolute atomic E-state index is 0.385. The van der Waals surface area contributed by atoms with Crippen molar-refractivity contribution in [2.24, 2.45) is 0 Å². The van der Waals surface area contributed by atoms with Gasteiger partial charge < -0.3 is 10.5 Å². The minimum Gasteiger partial charge on any atom is -0.456 e. The second-order valence-corrected chi connectivity index (χ2v) is 5.49. The fourth-order valence-corrected chi connectivity index (χ4v) is 1.64. The molecule has 0 aliphatic heterocycles. The molecule has 2 N–H and O–H groups in total. The Morgan fingerprint density at radius 1 is 1.38 bits per heavy atom. The van der Waals surface area contributed by atoms with Crippen LogP contribution in [-0.2, 0) is 4.74 Å². The number of carbonyl (C=O) groups excluding carboxylic acids is 1. The zero-order chi connectivity index (χ0) is 12.5. The molecule has 0 aliphatic rings. The summed E-state index contributed by atoms with van der Waals surface area (Å²) in [4.78, 5) is 11.9. The standard InChI is InChI=1S/C12H16BrNO2/c1-7-8(13)5-6-9(14)10(7)11(15)16-12(2,3)4/h5-6H,14H2,1-4H3. The predicted molar refractivity (Wildman–Crippen MR) is 68.5 cm³/mol. The van der Waals surface area contributed by atoms with Crippen molar-refractivity contribution in [2.75, 3.05) is 5.73 Å². The van der Waals surface area contributed by atoms with E-state index in [-0.39, 0.29) is 5.97 Å². The molecule has 0 saturated heterocycles. The van der Waals surface area contributed by atoms with Crippen molar-refractivity contribution in [3.63, 3.8) is 0 Å². The zero-order valence-electron chi connectivity index (χ0n) is 9.93. The van der Waals surface area contributed by atoms with Gasteiger partial charge in [0.25, 0.3) is 0 Å². The van der Waals surface area contributed by atoms with Crippen LogP contribution in [0.2, 0.25) is 0 Å². The largest absolute Gasteiger partial charge is 0.456 e. The molecule has 0 amide bonds. The van der Waals surface area contributed by atoms with Crippen molar-refractivity contribution >= 4 is 27.6 Å². The maximum Gasteiger partial charge on any atom is 0.341 e. The summed E-state index contributed by atoms with van der Waals surface area (Å²) in [5.41, 5.74) is 6.95. The van der Waals surface area contributed by atoms with E-state index in [0.29, 0.717) is 11.3 Å². The van der Waals surface area contributed by atoms with Crippen LogP contribution in [0.5, 0.6) is 0 Å². The first kappa shape index (κ1) is 13.0. The van der Waals surface area contributed by atoms with Crippen molar-refractivity contribution in [3.8, 4) is 0 Å². The van der Waals surface area contributed by atoms with Gasteiger partial charge in [-0.2, -0.15) is 0 Å². The molecule has 3 nitrogen and oxygen atoms in total. The highest BCUT2D eigenvalue weighted by atomic mass is 79.9. The summed E-state index contributed by atoms with van der Waals surface area (Å²) < 4.78 is 6.15. The maximum atomic E-state index is 11.9. The van der Waals surface area contributed by atoms with Gasteiger partial charge in [0.05, 0.1) is 5.56 Å². The Hall–Kier alpha value is -1.03. The van der Waals surface area contributed by atoms with Crippen molar-refractivity contribution in [1.29, 1.82) is 0 Å². The van der Waals surface area contributed by atoms with Gasteiger partial charge in [-0.1, -0.05) is 15.9 Å². The SMILES string of the molecule is Cc1c(Br)ccc(N)c1C(=O)OC(C)(C)C. The summed E-state index contributed by atoms with van der Waals surface area (Å²) >= 11 is 3.36. The Kier molecular flexibility index (Phi) is 3.63. The predicted octanol–water partition coefficient (Wildman–Crippen LogP) is 3.30. The van der Waals surface area contributed by atoms with Gasteiger partial charge in [0.1, 0.15) is 5.60 Å². The molecular weight excluding hydrogens is 270 g/mol. The number of halogens is 1. The fourth-order valence-electron chi connectivity index (χ4n) is 1.31. The molecular formula is C12H16BrNO2. The van der Waals surface area contributed by atoms with Crippen molar-refractivity contribution in [1.82, 2.24) is 0 Å². The van der Waals surface area contributed by atoms with Crippen LogP contribution >= 0.6 is 15.9 Å². The van der Waals surface area contributed by atoms with E-state index in [1.165, 1.54) is 0 Å². The second-order valence-electron chi connectivity index (χ2n) is 4.64. The number of hydrogen-bond donors (Lipinski definition) is 1. The molecule has 0 aromatic heterocycles. The summed E-state index contributed by atoms with van der Waals surface area (Å²) in [7, 11) is 0. The number of esters is 1. The molecule has 1 rings (SSSR count). The number of hydrogen-bond acceptors (Lipinski definition) is 3. The third-order valence-electron chi connectivity index (χ3n) is 2.03. The molecule has 4 heteroatoms. The third-order valence-corrected chi connectivity index (χ3v) is 2.89. The molecule has 88 valence electrons. The Balaban J connectivity index is 3.14. The van der Waals surface area contributed by atoms with Gasteiger partial charge in [-0.15, -0.1) is 0 Å². The fraction of sp³-hybridized carbons (Fsp3) is 0.417. The Labute approximate surface area is 104 Å². The number of nitrogen functional groups attached to an aromatic ring is 1. The van der Waals surface area contributed by atoms with E-state index in [4.69, 9.17) is 10.5 Å². The van der Waals surface area contributed by atoms with Gasteiger partial charge >= 0.3 is 5.97 Å². The number of nitrogens with two attached hydrogens (primary N) is 1. The first-order valence-electron chi connectivity index (χ1n) is 5.00. The lowest BCUT2D eigenvalue weighted by atomic mass is 10.1. The van der Waals surface area contributed by atoms with Crippen LogP contribution in [0.15, 0.2) is 16.6 Å². The van der Waals surface area contributed by atoms with Gasteiger partial charge in [0.15, 0.2) is 0 Å². The molecule has 0 atom stereocenters. The van der Waals surface area contributed by atoms with Crippen LogP contribution in [0.3, 0.4) is 0 Å². The quantitative estimate of drug-likeness (QED) is 0.636. The Morgan fingerprint density at radius 2 is 1.94 bits per heavy atom. The van der Waals surface area contributed by atoms with Crippen LogP contribution in [0.1, 0.15) is 36.7 Å². The lowest BCUT2D eigenvalue weighted by molar-refractivity contribution is 0.00700. The van der Waals surface area contributed by atoms with Crippen LogP contribution in [0.4, 0.5) is 5.69 Å². The number of rotatable bonds is 1. The Bertz CT molecular complexity index is 422. The third kappa shape index (κ3) is 2.98. The highest BCUT2D eigenvalue weighted by molar-refractivity contribution is 9.10. The summed E-state index contributed by atoms with van der Waals surface area (Å²) in [6.07, 6.45) is 0. The van der Waals surface area contributed by atoms with Gasteiger partial charge in [0, 0.05) is 10.2 Å². The summed E-state index contributed by atoms with van der Waals surface area (Å²) in [5.74, 6) is -0.385. The molecule has 0 spiro atoms. The number of anilines is 1. The van der Waals surface area contributed by atoms with Crippen LogP contribution in [0.25, 0.3) is 0 Å². The van der Waals surface area contributed by atoms with Crippen molar-refractivity contribution in [2.45, 2.75) is 33.3 Å². The molecule has 1 aromatic rings. The molecule has 0 heterocycles. The normalized spacial score (nSPS) is 11.3. The smallest absolute Gasteiger partial charge is 0.341 e. The van der Waals surface area contributed by atoms with Gasteiger partial charge in [0.2, 0.25) is 0 Å². The topological polar surface area (TPSA) is 52.3 Å². The van der Waals surface area contributed by atoms with Crippen molar-refractivity contribution in [3.05, 3.63) is 27.7 Å². The van der Waals surface area contributed by atoms with E-state index in [0.717, 1.165) is 10.0 Å². The molecule has 0 fully saturated rings. The average Bonchev–Trinajstić information content (AvgIpc) is 2.09. The summed E-state index contributed by atoms with van der Waals surface area (Å²) in [6, 6.07) is 3.51.